The maximum Gasteiger partial charge on any atom is 0.271 e. The van der Waals surface area contributed by atoms with Crippen LogP contribution in [0.15, 0.2) is 93.9 Å². The first kappa shape index (κ1) is 25.0. The quantitative estimate of drug-likeness (QED) is 0.399. The summed E-state index contributed by atoms with van der Waals surface area (Å²) in [5.74, 6) is 0.721. The van der Waals surface area contributed by atoms with Gasteiger partial charge in [-0.25, -0.2) is 4.99 Å². The van der Waals surface area contributed by atoms with E-state index in [-0.39, 0.29) is 17.2 Å². The molecule has 3 aromatic carbocycles. The van der Waals surface area contributed by atoms with Crippen molar-refractivity contribution in [2.75, 3.05) is 19.5 Å². The summed E-state index contributed by atoms with van der Waals surface area (Å²) in [6, 6.07) is 20.3. The highest BCUT2D eigenvalue weighted by Crippen LogP contribution is 2.37. The number of allylic oxidation sites excluding steroid dienone is 1. The zero-order chi connectivity index (χ0) is 26.8. The summed E-state index contributed by atoms with van der Waals surface area (Å²) in [5, 5.41) is 13.2. The molecule has 192 valence electrons. The fourth-order valence-electron chi connectivity index (χ4n) is 4.42. The molecule has 2 heterocycles. The van der Waals surface area contributed by atoms with Crippen LogP contribution in [0.25, 0.3) is 6.08 Å². The smallest absolute Gasteiger partial charge is 0.271 e. The molecule has 0 bridgehead atoms. The minimum atomic E-state index is -0.817. The molecule has 1 aliphatic heterocycles. The molecule has 2 N–H and O–H groups in total. The summed E-state index contributed by atoms with van der Waals surface area (Å²) >= 11 is 1.19. The molecule has 0 aliphatic carbocycles. The first-order valence-corrected chi connectivity index (χ1v) is 12.6. The zero-order valence-corrected chi connectivity index (χ0v) is 21.8. The number of thiazole rings is 1. The van der Waals surface area contributed by atoms with Gasteiger partial charge in [0.15, 0.2) is 4.80 Å². The minimum absolute atomic E-state index is 0.0609. The maximum absolute atomic E-state index is 13.8. The number of phenols is 1. The Hall–Kier alpha value is -4.63. The average Bonchev–Trinajstić information content (AvgIpc) is 3.23. The number of phenolic OH excluding ortho intramolecular Hbond substituents is 1. The molecule has 0 radical (unpaired) electrons. The third kappa shape index (κ3) is 4.59. The van der Waals surface area contributed by atoms with Gasteiger partial charge in [0.2, 0.25) is 0 Å². The van der Waals surface area contributed by atoms with Gasteiger partial charge in [-0.1, -0.05) is 47.7 Å². The van der Waals surface area contributed by atoms with Crippen LogP contribution in [0.5, 0.6) is 17.2 Å². The van der Waals surface area contributed by atoms with Gasteiger partial charge in [0.1, 0.15) is 23.3 Å². The van der Waals surface area contributed by atoms with Gasteiger partial charge >= 0.3 is 0 Å². The fraction of sp³-hybridized carbons (Fsp3) is 0.138. The van der Waals surface area contributed by atoms with Crippen molar-refractivity contribution in [1.82, 2.24) is 4.57 Å². The molecule has 9 heteroatoms. The van der Waals surface area contributed by atoms with Crippen LogP contribution in [0.2, 0.25) is 0 Å². The molecule has 0 fully saturated rings. The highest BCUT2D eigenvalue weighted by atomic mass is 32.1. The van der Waals surface area contributed by atoms with E-state index in [2.05, 4.69) is 10.3 Å². The molecule has 0 spiro atoms. The Morgan fingerprint density at radius 3 is 2.50 bits per heavy atom. The van der Waals surface area contributed by atoms with E-state index >= 15 is 0 Å². The Morgan fingerprint density at radius 2 is 1.79 bits per heavy atom. The van der Waals surface area contributed by atoms with E-state index in [0.717, 1.165) is 0 Å². The molecule has 5 rings (SSSR count). The van der Waals surface area contributed by atoms with Crippen LogP contribution in [0.4, 0.5) is 5.69 Å². The van der Waals surface area contributed by atoms with Crippen LogP contribution in [0.1, 0.15) is 24.1 Å². The monoisotopic (exact) mass is 527 g/mol. The lowest BCUT2D eigenvalue weighted by molar-refractivity contribution is -0.113. The average molecular weight is 528 g/mol. The standard InChI is InChI=1S/C29H25N3O5S/c1-17-25(27(34)31-19-10-5-4-6-11-19)26(21-14-13-20(36-2)16-23(21)37-3)32-28(35)24(38-29(32)30-17)15-18-9-7-8-12-22(18)33/h4-16,26,33H,1-3H3,(H,31,34)/b24-15-/t26-/m0/s1. The molecular weight excluding hydrogens is 502 g/mol. The summed E-state index contributed by atoms with van der Waals surface area (Å²) in [6.07, 6.45) is 1.63. The van der Waals surface area contributed by atoms with Gasteiger partial charge in [-0.05, 0) is 43.3 Å². The number of ether oxygens (including phenoxy) is 2. The van der Waals surface area contributed by atoms with E-state index in [1.165, 1.54) is 23.0 Å². The zero-order valence-electron chi connectivity index (χ0n) is 21.0. The van der Waals surface area contributed by atoms with Gasteiger partial charge in [-0.15, -0.1) is 0 Å². The van der Waals surface area contributed by atoms with Crippen molar-refractivity contribution >= 4 is 29.0 Å². The predicted octanol–water partition coefficient (Wildman–Crippen LogP) is 3.60. The van der Waals surface area contributed by atoms with Crippen LogP contribution in [0, 0.1) is 0 Å². The Morgan fingerprint density at radius 1 is 1.05 bits per heavy atom. The lowest BCUT2D eigenvalue weighted by Crippen LogP contribution is -2.40. The van der Waals surface area contributed by atoms with Gasteiger partial charge in [-0.2, -0.15) is 0 Å². The molecule has 0 saturated heterocycles. The molecule has 0 unspecified atom stereocenters. The number of carbonyl (C=O) groups excluding carboxylic acids is 1. The van der Waals surface area contributed by atoms with Crippen LogP contribution >= 0.6 is 11.3 Å². The van der Waals surface area contributed by atoms with Gasteiger partial charge in [0.05, 0.1) is 30.0 Å². The fourth-order valence-corrected chi connectivity index (χ4v) is 5.46. The molecule has 1 amide bonds. The highest BCUT2D eigenvalue weighted by Gasteiger charge is 2.34. The van der Waals surface area contributed by atoms with Crippen molar-refractivity contribution in [2.45, 2.75) is 13.0 Å². The number of methoxy groups -OCH3 is 2. The van der Waals surface area contributed by atoms with Crippen LogP contribution < -0.4 is 29.7 Å². The Labute approximate surface area is 222 Å². The van der Waals surface area contributed by atoms with E-state index in [9.17, 15) is 14.7 Å². The molecule has 1 aliphatic rings. The van der Waals surface area contributed by atoms with E-state index in [1.807, 2.05) is 18.2 Å². The number of carbonyl (C=O) groups is 1. The maximum atomic E-state index is 13.8. The SMILES string of the molecule is COc1ccc([C@H]2C(C(=O)Nc3ccccc3)=C(C)N=c3s/c(=C\c4ccccc4O)c(=O)n32)c(OC)c1. The summed E-state index contributed by atoms with van der Waals surface area (Å²) < 4.78 is 12.9. The van der Waals surface area contributed by atoms with E-state index in [0.29, 0.717) is 48.9 Å². The van der Waals surface area contributed by atoms with E-state index in [4.69, 9.17) is 9.47 Å². The third-order valence-electron chi connectivity index (χ3n) is 6.26. The third-order valence-corrected chi connectivity index (χ3v) is 7.24. The summed E-state index contributed by atoms with van der Waals surface area (Å²) in [5.41, 5.74) is 2.20. The molecular formula is C29H25N3O5S. The van der Waals surface area contributed by atoms with Crippen LogP contribution in [-0.2, 0) is 4.79 Å². The first-order valence-electron chi connectivity index (χ1n) is 11.8. The molecule has 0 saturated carbocycles. The number of rotatable bonds is 6. The number of para-hydroxylation sites is 2. The van der Waals surface area contributed by atoms with E-state index in [1.54, 1.807) is 74.7 Å². The molecule has 38 heavy (non-hydrogen) atoms. The Balaban J connectivity index is 1.73. The van der Waals surface area contributed by atoms with Crippen LogP contribution in [-0.4, -0.2) is 29.8 Å². The van der Waals surface area contributed by atoms with Crippen molar-refractivity contribution in [3.63, 3.8) is 0 Å². The highest BCUT2D eigenvalue weighted by molar-refractivity contribution is 7.07. The van der Waals surface area contributed by atoms with Gasteiger partial charge in [0, 0.05) is 22.9 Å². The largest absolute Gasteiger partial charge is 0.507 e. The van der Waals surface area contributed by atoms with Crippen LogP contribution in [0.3, 0.4) is 0 Å². The van der Waals surface area contributed by atoms with Crippen molar-refractivity contribution in [2.24, 2.45) is 4.99 Å². The lowest BCUT2D eigenvalue weighted by atomic mass is 9.94. The van der Waals surface area contributed by atoms with E-state index < -0.39 is 6.04 Å². The normalized spacial score (nSPS) is 15.0. The Kier molecular flexibility index (Phi) is 6.85. The number of aromatic hydroxyl groups is 1. The molecule has 1 aromatic heterocycles. The van der Waals surface area contributed by atoms with Gasteiger partial charge < -0.3 is 19.9 Å². The number of hydrogen-bond acceptors (Lipinski definition) is 7. The van der Waals surface area contributed by atoms with Gasteiger partial charge in [-0.3, -0.25) is 14.2 Å². The molecule has 4 aromatic rings. The molecule has 8 nitrogen and oxygen atoms in total. The number of amides is 1. The summed E-state index contributed by atoms with van der Waals surface area (Å²) in [6.45, 7) is 1.75. The van der Waals surface area contributed by atoms with Crippen molar-refractivity contribution in [1.29, 1.82) is 0 Å². The number of anilines is 1. The number of benzene rings is 3. The number of nitrogens with one attached hydrogen (secondary N) is 1. The number of hydrogen-bond donors (Lipinski definition) is 2. The van der Waals surface area contributed by atoms with Crippen molar-refractivity contribution < 1.29 is 19.4 Å². The second-order valence-electron chi connectivity index (χ2n) is 8.57. The van der Waals surface area contributed by atoms with Gasteiger partial charge in [0.25, 0.3) is 11.5 Å². The predicted molar refractivity (Wildman–Crippen MR) is 146 cm³/mol. The lowest BCUT2D eigenvalue weighted by Gasteiger charge is -2.26. The van der Waals surface area contributed by atoms with Crippen molar-refractivity contribution in [3.05, 3.63) is 115 Å². The first-order chi connectivity index (χ1) is 18.4. The summed E-state index contributed by atoms with van der Waals surface area (Å²) in [7, 11) is 3.08. The van der Waals surface area contributed by atoms with Crippen molar-refractivity contribution in [3.8, 4) is 17.2 Å². The minimum Gasteiger partial charge on any atom is -0.507 e. The Bertz CT molecular complexity index is 1740. The molecule has 1 atom stereocenters. The second kappa shape index (κ2) is 10.4. The second-order valence-corrected chi connectivity index (χ2v) is 9.58. The number of nitrogens with zero attached hydrogens (tertiary/aromatic N) is 2. The number of fused-ring (bicyclic) bond motifs is 1. The number of aromatic nitrogens is 1. The topological polar surface area (TPSA) is 102 Å². The summed E-state index contributed by atoms with van der Waals surface area (Å²) in [4.78, 5) is 32.6.